The maximum atomic E-state index is 12.0. The zero-order chi connectivity index (χ0) is 13.2. The Bertz CT molecular complexity index is 649. The van der Waals surface area contributed by atoms with E-state index in [0.717, 1.165) is 5.56 Å². The number of nitrogens with zero attached hydrogens (tertiary/aromatic N) is 1. The van der Waals surface area contributed by atoms with Gasteiger partial charge in [0.2, 0.25) is 5.09 Å². The summed E-state index contributed by atoms with van der Waals surface area (Å²) in [5, 5.41) is -0.154. The molecule has 2 aromatic rings. The van der Waals surface area contributed by atoms with E-state index in [-0.39, 0.29) is 11.6 Å². The van der Waals surface area contributed by atoms with Crippen LogP contribution in [-0.4, -0.2) is 13.4 Å². The summed E-state index contributed by atoms with van der Waals surface area (Å²) in [6, 6.07) is 4.49. The Kier molecular flexibility index (Phi) is 3.35. The van der Waals surface area contributed by atoms with Crippen molar-refractivity contribution < 1.29 is 12.8 Å². The topological polar surface area (TPSA) is 98.2 Å². The number of nitrogens with one attached hydrogen (secondary N) is 1. The lowest BCUT2D eigenvalue weighted by Crippen LogP contribution is -2.13. The summed E-state index contributed by atoms with van der Waals surface area (Å²) >= 11 is 0. The largest absolute Gasteiger partial charge is 0.446 e. The number of furan rings is 1. The minimum absolute atomic E-state index is 0.154. The molecule has 2 heterocycles. The molecule has 0 aliphatic rings. The second kappa shape index (κ2) is 4.79. The Labute approximate surface area is 105 Å². The van der Waals surface area contributed by atoms with Crippen LogP contribution in [0.3, 0.4) is 0 Å². The molecule has 0 radical (unpaired) electrons. The van der Waals surface area contributed by atoms with Gasteiger partial charge in [-0.05, 0) is 30.7 Å². The van der Waals surface area contributed by atoms with E-state index in [9.17, 15) is 8.42 Å². The highest BCUT2D eigenvalue weighted by atomic mass is 32.2. The first-order valence-corrected chi connectivity index (χ1v) is 6.73. The highest BCUT2D eigenvalue weighted by molar-refractivity contribution is 7.92. The van der Waals surface area contributed by atoms with Gasteiger partial charge in [0, 0.05) is 12.4 Å². The molecule has 2 rings (SSSR count). The van der Waals surface area contributed by atoms with Crippen LogP contribution in [0.5, 0.6) is 0 Å². The summed E-state index contributed by atoms with van der Waals surface area (Å²) in [6.07, 6.45) is 3.09. The van der Waals surface area contributed by atoms with E-state index in [2.05, 4.69) is 9.71 Å². The summed E-state index contributed by atoms with van der Waals surface area (Å²) in [5.74, 6) is 0.418. The number of anilines is 1. The molecule has 0 fully saturated rings. The molecule has 18 heavy (non-hydrogen) atoms. The molecule has 6 nitrogen and oxygen atoms in total. The second-order valence-corrected chi connectivity index (χ2v) is 5.33. The lowest BCUT2D eigenvalue weighted by Gasteiger charge is -2.07. The summed E-state index contributed by atoms with van der Waals surface area (Å²) in [7, 11) is -3.73. The van der Waals surface area contributed by atoms with Crippen LogP contribution in [-0.2, 0) is 16.6 Å². The average Bonchev–Trinajstić information content (AvgIpc) is 2.81. The van der Waals surface area contributed by atoms with Crippen molar-refractivity contribution in [3.8, 4) is 0 Å². The zero-order valence-electron chi connectivity index (χ0n) is 9.75. The fraction of sp³-hybridized carbons (Fsp3) is 0.182. The van der Waals surface area contributed by atoms with E-state index in [1.165, 1.54) is 18.3 Å². The Morgan fingerprint density at radius 1 is 1.39 bits per heavy atom. The van der Waals surface area contributed by atoms with E-state index < -0.39 is 10.0 Å². The van der Waals surface area contributed by atoms with Crippen molar-refractivity contribution >= 4 is 15.7 Å². The van der Waals surface area contributed by atoms with Crippen LogP contribution in [0.4, 0.5) is 5.69 Å². The predicted molar refractivity (Wildman–Crippen MR) is 66.4 cm³/mol. The van der Waals surface area contributed by atoms with Gasteiger partial charge >= 0.3 is 0 Å². The fourth-order valence-corrected chi connectivity index (χ4v) is 2.48. The monoisotopic (exact) mass is 267 g/mol. The maximum absolute atomic E-state index is 12.0. The van der Waals surface area contributed by atoms with Crippen LogP contribution in [0.1, 0.15) is 11.3 Å². The van der Waals surface area contributed by atoms with Gasteiger partial charge in [0.1, 0.15) is 5.76 Å². The predicted octanol–water partition coefficient (Wildman–Crippen LogP) is 1.24. The van der Waals surface area contributed by atoms with Crippen molar-refractivity contribution in [2.24, 2.45) is 5.73 Å². The molecule has 0 amide bonds. The van der Waals surface area contributed by atoms with Crippen LogP contribution >= 0.6 is 0 Å². The van der Waals surface area contributed by atoms with Crippen molar-refractivity contribution in [1.82, 2.24) is 4.98 Å². The molecule has 0 saturated carbocycles. The number of aromatic nitrogens is 1. The van der Waals surface area contributed by atoms with Crippen LogP contribution in [0.25, 0.3) is 0 Å². The van der Waals surface area contributed by atoms with Crippen LogP contribution < -0.4 is 10.5 Å². The highest BCUT2D eigenvalue weighted by Gasteiger charge is 2.19. The first kappa shape index (κ1) is 12.6. The highest BCUT2D eigenvalue weighted by Crippen LogP contribution is 2.20. The van der Waals surface area contributed by atoms with Gasteiger partial charge in [-0.25, -0.2) is 0 Å². The molecule has 0 aromatic carbocycles. The molecule has 0 saturated heterocycles. The molecule has 3 N–H and O–H groups in total. The molecule has 0 atom stereocenters. The minimum atomic E-state index is -3.73. The number of nitrogens with two attached hydrogens (primary N) is 1. The lowest BCUT2D eigenvalue weighted by molar-refractivity contribution is 0.417. The van der Waals surface area contributed by atoms with Crippen molar-refractivity contribution in [2.45, 2.75) is 18.6 Å². The standard InChI is InChI=1S/C11H13N3O3S/c1-8-7-13-5-4-10(8)14-18(15,16)11-3-2-9(6-12)17-11/h2-5,7H,6,12H2,1H3,(H,13,14). The molecule has 0 bridgehead atoms. The number of hydrogen-bond acceptors (Lipinski definition) is 5. The molecule has 2 aromatic heterocycles. The Morgan fingerprint density at radius 3 is 2.78 bits per heavy atom. The lowest BCUT2D eigenvalue weighted by atomic mass is 10.3. The Morgan fingerprint density at radius 2 is 2.17 bits per heavy atom. The summed E-state index contributed by atoms with van der Waals surface area (Å²) in [5.41, 5.74) is 6.56. The SMILES string of the molecule is Cc1cnccc1NS(=O)(=O)c1ccc(CN)o1. The first-order chi connectivity index (χ1) is 8.53. The summed E-state index contributed by atoms with van der Waals surface area (Å²) in [4.78, 5) is 3.89. The van der Waals surface area contributed by atoms with Crippen LogP contribution in [0.2, 0.25) is 0 Å². The van der Waals surface area contributed by atoms with E-state index in [0.29, 0.717) is 11.4 Å². The number of pyridine rings is 1. The number of hydrogen-bond donors (Lipinski definition) is 2. The molecular formula is C11H13N3O3S. The van der Waals surface area contributed by atoms with Crippen molar-refractivity contribution in [3.63, 3.8) is 0 Å². The molecule has 0 aliphatic heterocycles. The van der Waals surface area contributed by atoms with Crippen LogP contribution in [0, 0.1) is 6.92 Å². The normalized spacial score (nSPS) is 11.4. The smallest absolute Gasteiger partial charge is 0.295 e. The van der Waals surface area contributed by atoms with Gasteiger partial charge < -0.3 is 10.2 Å². The van der Waals surface area contributed by atoms with E-state index >= 15 is 0 Å². The number of rotatable bonds is 4. The van der Waals surface area contributed by atoms with Gasteiger partial charge in [-0.15, -0.1) is 0 Å². The molecule has 7 heteroatoms. The third kappa shape index (κ3) is 2.52. The first-order valence-electron chi connectivity index (χ1n) is 5.25. The zero-order valence-corrected chi connectivity index (χ0v) is 10.6. The van der Waals surface area contributed by atoms with Crippen molar-refractivity contribution in [2.75, 3.05) is 4.72 Å². The van der Waals surface area contributed by atoms with E-state index in [1.807, 2.05) is 0 Å². The third-order valence-corrected chi connectivity index (χ3v) is 3.61. The van der Waals surface area contributed by atoms with Gasteiger partial charge in [0.15, 0.2) is 0 Å². The minimum Gasteiger partial charge on any atom is -0.446 e. The van der Waals surface area contributed by atoms with E-state index in [1.54, 1.807) is 19.2 Å². The molecular weight excluding hydrogens is 254 g/mol. The number of sulfonamides is 1. The second-order valence-electron chi connectivity index (χ2n) is 3.72. The van der Waals surface area contributed by atoms with E-state index in [4.69, 9.17) is 10.2 Å². The molecule has 0 aliphatic carbocycles. The van der Waals surface area contributed by atoms with Gasteiger partial charge in [0.05, 0.1) is 12.2 Å². The molecule has 0 spiro atoms. The van der Waals surface area contributed by atoms with Gasteiger partial charge in [-0.3, -0.25) is 9.71 Å². The fourth-order valence-electron chi connectivity index (χ4n) is 1.40. The average molecular weight is 267 g/mol. The molecule has 0 unspecified atom stereocenters. The van der Waals surface area contributed by atoms with Gasteiger partial charge in [-0.1, -0.05) is 0 Å². The van der Waals surface area contributed by atoms with Crippen molar-refractivity contribution in [1.29, 1.82) is 0 Å². The number of aryl methyl sites for hydroxylation is 1. The van der Waals surface area contributed by atoms with Crippen molar-refractivity contribution in [3.05, 3.63) is 41.9 Å². The van der Waals surface area contributed by atoms with Gasteiger partial charge in [-0.2, -0.15) is 8.42 Å². The Balaban J connectivity index is 2.30. The van der Waals surface area contributed by atoms with Gasteiger partial charge in [0.25, 0.3) is 10.0 Å². The third-order valence-electron chi connectivity index (χ3n) is 2.37. The Hall–Kier alpha value is -1.86. The molecule has 96 valence electrons. The summed E-state index contributed by atoms with van der Waals surface area (Å²) < 4.78 is 31.6. The quantitative estimate of drug-likeness (QED) is 0.868. The van der Waals surface area contributed by atoms with Crippen LogP contribution in [0.15, 0.2) is 40.1 Å². The maximum Gasteiger partial charge on any atom is 0.295 e. The summed E-state index contributed by atoms with van der Waals surface area (Å²) in [6.45, 7) is 1.92.